The molecule has 1 atom stereocenters. The van der Waals surface area contributed by atoms with E-state index >= 15 is 0 Å². The average Bonchev–Trinajstić information content (AvgIpc) is 2.92. The van der Waals surface area contributed by atoms with Gasteiger partial charge in [-0.05, 0) is 45.1 Å². The summed E-state index contributed by atoms with van der Waals surface area (Å²) in [6.07, 6.45) is 6.03. The minimum atomic E-state index is -0.364. The van der Waals surface area contributed by atoms with Crippen LogP contribution in [0.5, 0.6) is 0 Å². The number of hydrogen-bond donors (Lipinski definition) is 1. The molecule has 4 heteroatoms. The summed E-state index contributed by atoms with van der Waals surface area (Å²) in [4.78, 5) is 8.00. The van der Waals surface area contributed by atoms with Crippen molar-refractivity contribution >= 4 is 12.2 Å². The van der Waals surface area contributed by atoms with Gasteiger partial charge in [0.15, 0.2) is 0 Å². The molecule has 1 aliphatic rings. The summed E-state index contributed by atoms with van der Waals surface area (Å²) < 4.78 is 6.57. The van der Waals surface area contributed by atoms with Crippen LogP contribution in [-0.4, -0.2) is 16.6 Å². The minimum absolute atomic E-state index is 0.364. The molecule has 2 rings (SSSR count). The first-order valence-electron chi connectivity index (χ1n) is 7.34. The molecule has 106 valence electrons. The van der Waals surface area contributed by atoms with Gasteiger partial charge in [0.25, 0.3) is 0 Å². The number of nitrogens with zero attached hydrogens (tertiary/aromatic N) is 1. The van der Waals surface area contributed by atoms with Crippen LogP contribution in [0.15, 0.2) is 6.07 Å². The van der Waals surface area contributed by atoms with Crippen LogP contribution < -0.4 is 0 Å². The second-order valence-corrected chi connectivity index (χ2v) is 5.94. The molecule has 0 bridgehead atoms. The molecule has 0 amide bonds. The maximum absolute atomic E-state index is 5.90. The molecule has 1 aromatic heterocycles. The van der Waals surface area contributed by atoms with Gasteiger partial charge in [-0.25, -0.2) is 4.98 Å². The largest absolute Gasteiger partial charge is 0.368 e. The Morgan fingerprint density at radius 1 is 1.42 bits per heavy atom. The zero-order chi connectivity index (χ0) is 13.9. The first-order valence-corrected chi connectivity index (χ1v) is 7.75. The summed E-state index contributed by atoms with van der Waals surface area (Å²) in [5, 5.41) is 0. The van der Waals surface area contributed by atoms with Gasteiger partial charge in [0.1, 0.15) is 16.1 Å². The molecule has 1 saturated carbocycles. The van der Waals surface area contributed by atoms with Gasteiger partial charge in [-0.1, -0.05) is 32.0 Å². The van der Waals surface area contributed by atoms with E-state index in [2.05, 4.69) is 23.8 Å². The molecular formula is C15H24N2OS. The highest BCUT2D eigenvalue weighted by Crippen LogP contribution is 2.34. The van der Waals surface area contributed by atoms with Crippen molar-refractivity contribution in [2.24, 2.45) is 0 Å². The highest BCUT2D eigenvalue weighted by atomic mass is 32.1. The molecule has 3 nitrogen and oxygen atoms in total. The van der Waals surface area contributed by atoms with Gasteiger partial charge in [0.05, 0.1) is 0 Å². The normalized spacial score (nSPS) is 19.5. The molecule has 0 aliphatic heterocycles. The smallest absolute Gasteiger partial charge is 0.140 e. The van der Waals surface area contributed by atoms with E-state index in [1.165, 1.54) is 31.4 Å². The number of H-pyrrole nitrogens is 1. The van der Waals surface area contributed by atoms with Crippen LogP contribution in [0.25, 0.3) is 0 Å². The van der Waals surface area contributed by atoms with E-state index in [9.17, 15) is 0 Å². The molecule has 0 saturated heterocycles. The van der Waals surface area contributed by atoms with E-state index < -0.39 is 0 Å². The van der Waals surface area contributed by atoms with E-state index in [1.807, 2.05) is 13.0 Å². The Bertz CT molecular complexity index is 479. The van der Waals surface area contributed by atoms with Crippen molar-refractivity contribution < 1.29 is 4.74 Å². The Labute approximate surface area is 120 Å². The van der Waals surface area contributed by atoms with Crippen LogP contribution in [0.3, 0.4) is 0 Å². The van der Waals surface area contributed by atoms with E-state index in [-0.39, 0.29) is 5.60 Å². The quantitative estimate of drug-likeness (QED) is 0.809. The fourth-order valence-electron chi connectivity index (χ4n) is 2.84. The van der Waals surface area contributed by atoms with Gasteiger partial charge in [-0.2, -0.15) is 0 Å². The van der Waals surface area contributed by atoms with Crippen molar-refractivity contribution in [3.05, 3.63) is 22.2 Å². The highest BCUT2D eigenvalue weighted by Gasteiger charge is 2.29. The van der Waals surface area contributed by atoms with Crippen LogP contribution in [0.2, 0.25) is 0 Å². The molecule has 1 aromatic rings. The molecule has 0 radical (unpaired) electrons. The predicted molar refractivity (Wildman–Crippen MR) is 79.9 cm³/mol. The van der Waals surface area contributed by atoms with Crippen LogP contribution in [0.1, 0.15) is 70.3 Å². The van der Waals surface area contributed by atoms with E-state index in [4.69, 9.17) is 17.0 Å². The Balaban J connectivity index is 2.37. The van der Waals surface area contributed by atoms with Crippen LogP contribution >= 0.6 is 12.2 Å². The van der Waals surface area contributed by atoms with E-state index in [0.717, 1.165) is 12.2 Å². The van der Waals surface area contributed by atoms with Crippen molar-refractivity contribution in [3.8, 4) is 0 Å². The molecule has 19 heavy (non-hydrogen) atoms. The summed E-state index contributed by atoms with van der Waals surface area (Å²) in [7, 11) is 0. The summed E-state index contributed by atoms with van der Waals surface area (Å²) in [5.41, 5.74) is 0.878. The lowest BCUT2D eigenvalue weighted by molar-refractivity contribution is -0.0393. The first-order chi connectivity index (χ1) is 9.09. The lowest BCUT2D eigenvalue weighted by Gasteiger charge is -2.28. The van der Waals surface area contributed by atoms with Crippen molar-refractivity contribution in [1.82, 2.24) is 9.97 Å². The molecule has 1 N–H and O–H groups in total. The standard InChI is InChI=1S/C15H24N2OS/c1-4-15(3,18-5-2)14-16-12(10-13(19)17-14)11-8-6-7-9-11/h10-11H,4-9H2,1-3H3,(H,16,17,19). The van der Waals surface area contributed by atoms with Crippen molar-refractivity contribution in [2.45, 2.75) is 64.4 Å². The van der Waals surface area contributed by atoms with Gasteiger partial charge in [0.2, 0.25) is 0 Å². The minimum Gasteiger partial charge on any atom is -0.368 e. The third-order valence-corrected chi connectivity index (χ3v) is 4.41. The van der Waals surface area contributed by atoms with Gasteiger partial charge in [0, 0.05) is 12.3 Å². The average molecular weight is 280 g/mol. The van der Waals surface area contributed by atoms with Gasteiger partial charge < -0.3 is 9.72 Å². The second kappa shape index (κ2) is 6.14. The zero-order valence-corrected chi connectivity index (χ0v) is 13.0. The molecule has 0 spiro atoms. The second-order valence-electron chi connectivity index (χ2n) is 5.52. The fourth-order valence-corrected chi connectivity index (χ4v) is 3.06. The number of aromatic amines is 1. The fraction of sp³-hybridized carbons (Fsp3) is 0.733. The van der Waals surface area contributed by atoms with Crippen molar-refractivity contribution in [1.29, 1.82) is 0 Å². The molecule has 1 heterocycles. The van der Waals surface area contributed by atoms with Gasteiger partial charge in [-0.15, -0.1) is 0 Å². The molecule has 1 unspecified atom stereocenters. The summed E-state index contributed by atoms with van der Waals surface area (Å²) >= 11 is 5.34. The maximum Gasteiger partial charge on any atom is 0.140 e. The van der Waals surface area contributed by atoms with Gasteiger partial charge in [-0.3, -0.25) is 0 Å². The molecular weight excluding hydrogens is 256 g/mol. The Morgan fingerprint density at radius 3 is 2.68 bits per heavy atom. The number of hydrogen-bond acceptors (Lipinski definition) is 3. The Kier molecular flexibility index (Phi) is 4.74. The summed E-state index contributed by atoms with van der Waals surface area (Å²) in [5.74, 6) is 1.50. The third kappa shape index (κ3) is 3.23. The van der Waals surface area contributed by atoms with Crippen molar-refractivity contribution in [3.63, 3.8) is 0 Å². The first kappa shape index (κ1) is 14.7. The lowest BCUT2D eigenvalue weighted by Crippen LogP contribution is -2.28. The Hall–Kier alpha value is -0.740. The number of aromatic nitrogens is 2. The number of nitrogens with one attached hydrogen (secondary N) is 1. The predicted octanol–water partition coefficient (Wildman–Crippen LogP) is 4.46. The van der Waals surface area contributed by atoms with Gasteiger partial charge >= 0.3 is 0 Å². The Morgan fingerprint density at radius 2 is 2.11 bits per heavy atom. The maximum atomic E-state index is 5.90. The topological polar surface area (TPSA) is 37.9 Å². The number of ether oxygens (including phenoxy) is 1. The monoisotopic (exact) mass is 280 g/mol. The van der Waals surface area contributed by atoms with E-state index in [0.29, 0.717) is 17.2 Å². The van der Waals surface area contributed by atoms with E-state index in [1.54, 1.807) is 0 Å². The highest BCUT2D eigenvalue weighted by molar-refractivity contribution is 7.71. The van der Waals surface area contributed by atoms with Crippen LogP contribution in [-0.2, 0) is 10.3 Å². The molecule has 0 aromatic carbocycles. The summed E-state index contributed by atoms with van der Waals surface area (Å²) in [6.45, 7) is 6.91. The molecule has 1 fully saturated rings. The SMILES string of the molecule is CCOC(C)(CC)c1nc(=S)cc(C2CCCC2)[nH]1. The molecule has 1 aliphatic carbocycles. The lowest BCUT2D eigenvalue weighted by atomic mass is 10.00. The third-order valence-electron chi connectivity index (χ3n) is 4.20. The van der Waals surface area contributed by atoms with Crippen LogP contribution in [0, 0.1) is 4.64 Å². The van der Waals surface area contributed by atoms with Crippen LogP contribution in [0.4, 0.5) is 0 Å². The summed E-state index contributed by atoms with van der Waals surface area (Å²) in [6, 6.07) is 2.02. The van der Waals surface area contributed by atoms with Crippen molar-refractivity contribution in [2.75, 3.05) is 6.61 Å². The number of rotatable bonds is 5. The zero-order valence-electron chi connectivity index (χ0n) is 12.2.